The number of esters is 1. The highest BCUT2D eigenvalue weighted by Gasteiger charge is 2.21. The van der Waals surface area contributed by atoms with Crippen LogP contribution in [0, 0.1) is 5.92 Å². The third-order valence-corrected chi connectivity index (χ3v) is 3.78. The molecular weight excluding hydrogens is 200 g/mol. The van der Waals surface area contributed by atoms with Crippen molar-refractivity contribution in [1.82, 2.24) is 0 Å². The van der Waals surface area contributed by atoms with Crippen molar-refractivity contribution in [3.63, 3.8) is 0 Å². The zero-order chi connectivity index (χ0) is 11.4. The minimum atomic E-state index is -0.0844. The standard InChI is InChI=1S/C14H22O2/c1-11(10-12-6-2-3-7-12)14(15)16-13-8-4-5-9-13/h10,12-13H,2-9H2,1H3. The van der Waals surface area contributed by atoms with Gasteiger partial charge in [-0.25, -0.2) is 4.79 Å². The summed E-state index contributed by atoms with van der Waals surface area (Å²) in [4.78, 5) is 11.8. The molecule has 0 unspecified atom stereocenters. The van der Waals surface area contributed by atoms with Gasteiger partial charge in [0.2, 0.25) is 0 Å². The van der Waals surface area contributed by atoms with Gasteiger partial charge in [-0.3, -0.25) is 0 Å². The predicted molar refractivity (Wildman–Crippen MR) is 64.1 cm³/mol. The number of ether oxygens (including phenoxy) is 1. The van der Waals surface area contributed by atoms with E-state index in [1.807, 2.05) is 6.92 Å². The van der Waals surface area contributed by atoms with Gasteiger partial charge in [-0.15, -0.1) is 0 Å². The second kappa shape index (κ2) is 5.51. The monoisotopic (exact) mass is 222 g/mol. The van der Waals surface area contributed by atoms with Gasteiger partial charge in [0.25, 0.3) is 0 Å². The summed E-state index contributed by atoms with van der Waals surface area (Å²) in [6.07, 6.45) is 12.0. The smallest absolute Gasteiger partial charge is 0.333 e. The van der Waals surface area contributed by atoms with Crippen molar-refractivity contribution in [2.45, 2.75) is 64.4 Å². The number of carbonyl (C=O) groups is 1. The molecule has 0 bridgehead atoms. The maximum atomic E-state index is 11.8. The van der Waals surface area contributed by atoms with Crippen LogP contribution in [0.2, 0.25) is 0 Å². The van der Waals surface area contributed by atoms with Gasteiger partial charge in [0.15, 0.2) is 0 Å². The SMILES string of the molecule is CC(=CC1CCCC1)C(=O)OC1CCCC1. The van der Waals surface area contributed by atoms with E-state index in [0.717, 1.165) is 18.4 Å². The fourth-order valence-corrected chi connectivity index (χ4v) is 2.80. The van der Waals surface area contributed by atoms with Gasteiger partial charge >= 0.3 is 5.97 Å². The molecule has 0 aromatic heterocycles. The molecule has 0 N–H and O–H groups in total. The molecule has 0 saturated heterocycles. The van der Waals surface area contributed by atoms with E-state index >= 15 is 0 Å². The third-order valence-electron chi connectivity index (χ3n) is 3.78. The molecule has 2 nitrogen and oxygen atoms in total. The van der Waals surface area contributed by atoms with Crippen molar-refractivity contribution < 1.29 is 9.53 Å². The fraction of sp³-hybridized carbons (Fsp3) is 0.786. The van der Waals surface area contributed by atoms with Gasteiger partial charge in [0.1, 0.15) is 6.10 Å². The summed E-state index contributed by atoms with van der Waals surface area (Å²) < 4.78 is 5.48. The van der Waals surface area contributed by atoms with Gasteiger partial charge in [0, 0.05) is 5.57 Å². The van der Waals surface area contributed by atoms with E-state index < -0.39 is 0 Å². The normalized spacial score (nSPS) is 23.9. The lowest BCUT2D eigenvalue weighted by Gasteiger charge is -2.12. The van der Waals surface area contributed by atoms with Gasteiger partial charge in [-0.1, -0.05) is 18.9 Å². The Bertz CT molecular complexity index is 268. The average molecular weight is 222 g/mol. The Morgan fingerprint density at radius 2 is 1.62 bits per heavy atom. The molecule has 2 aliphatic carbocycles. The van der Waals surface area contributed by atoms with Gasteiger partial charge < -0.3 is 4.74 Å². The molecule has 0 aromatic rings. The third kappa shape index (κ3) is 3.10. The molecule has 2 heteroatoms. The van der Waals surface area contributed by atoms with E-state index in [0.29, 0.717) is 5.92 Å². The van der Waals surface area contributed by atoms with Crippen molar-refractivity contribution >= 4 is 5.97 Å². The van der Waals surface area contributed by atoms with Crippen LogP contribution in [-0.4, -0.2) is 12.1 Å². The van der Waals surface area contributed by atoms with Crippen molar-refractivity contribution in [2.75, 3.05) is 0 Å². The molecule has 2 fully saturated rings. The largest absolute Gasteiger partial charge is 0.459 e. The molecule has 0 amide bonds. The van der Waals surface area contributed by atoms with Crippen LogP contribution in [0.4, 0.5) is 0 Å². The second-order valence-corrected chi connectivity index (χ2v) is 5.21. The summed E-state index contributed by atoms with van der Waals surface area (Å²) in [5.74, 6) is 0.537. The summed E-state index contributed by atoms with van der Waals surface area (Å²) >= 11 is 0. The minimum absolute atomic E-state index is 0.0844. The number of hydrogen-bond acceptors (Lipinski definition) is 2. The molecule has 0 heterocycles. The Kier molecular flexibility index (Phi) is 4.03. The van der Waals surface area contributed by atoms with E-state index in [9.17, 15) is 4.79 Å². The number of hydrogen-bond donors (Lipinski definition) is 0. The Balaban J connectivity index is 1.82. The molecule has 0 aliphatic heterocycles. The molecule has 16 heavy (non-hydrogen) atoms. The first-order valence-corrected chi connectivity index (χ1v) is 6.65. The highest BCUT2D eigenvalue weighted by atomic mass is 16.5. The van der Waals surface area contributed by atoms with Crippen molar-refractivity contribution in [3.05, 3.63) is 11.6 Å². The average Bonchev–Trinajstić information content (AvgIpc) is 2.90. The van der Waals surface area contributed by atoms with E-state index in [1.54, 1.807) is 0 Å². The van der Waals surface area contributed by atoms with Crippen molar-refractivity contribution in [1.29, 1.82) is 0 Å². The van der Waals surface area contributed by atoms with Crippen LogP contribution in [0.3, 0.4) is 0 Å². The Morgan fingerprint density at radius 1 is 1.06 bits per heavy atom. The highest BCUT2D eigenvalue weighted by Crippen LogP contribution is 2.27. The maximum absolute atomic E-state index is 11.8. The van der Waals surface area contributed by atoms with E-state index in [-0.39, 0.29) is 12.1 Å². The molecule has 2 saturated carbocycles. The molecule has 0 spiro atoms. The molecule has 2 aliphatic rings. The summed E-state index contributed by atoms with van der Waals surface area (Å²) in [6, 6.07) is 0. The van der Waals surface area contributed by atoms with Crippen molar-refractivity contribution in [2.24, 2.45) is 5.92 Å². The van der Waals surface area contributed by atoms with Crippen LogP contribution in [0.15, 0.2) is 11.6 Å². The van der Waals surface area contributed by atoms with E-state index in [2.05, 4.69) is 6.08 Å². The predicted octanol–water partition coefficient (Wildman–Crippen LogP) is 3.61. The molecule has 90 valence electrons. The van der Waals surface area contributed by atoms with E-state index in [1.165, 1.54) is 38.5 Å². The first kappa shape index (κ1) is 11.7. The second-order valence-electron chi connectivity index (χ2n) is 5.21. The van der Waals surface area contributed by atoms with Crippen LogP contribution >= 0.6 is 0 Å². The summed E-state index contributed by atoms with van der Waals surface area (Å²) in [6.45, 7) is 1.90. The summed E-state index contributed by atoms with van der Waals surface area (Å²) in [5.41, 5.74) is 0.818. The molecular formula is C14H22O2. The zero-order valence-electron chi connectivity index (χ0n) is 10.2. The van der Waals surface area contributed by atoms with Gasteiger partial charge in [0.05, 0.1) is 0 Å². The lowest BCUT2D eigenvalue weighted by atomic mass is 10.1. The number of carbonyl (C=O) groups excluding carboxylic acids is 1. The van der Waals surface area contributed by atoms with Crippen molar-refractivity contribution in [3.8, 4) is 0 Å². The van der Waals surface area contributed by atoms with Crippen LogP contribution in [0.5, 0.6) is 0 Å². The molecule has 2 rings (SSSR count). The quantitative estimate of drug-likeness (QED) is 0.538. The topological polar surface area (TPSA) is 26.3 Å². The number of rotatable bonds is 3. The lowest BCUT2D eigenvalue weighted by Crippen LogP contribution is -2.15. The maximum Gasteiger partial charge on any atom is 0.333 e. The van der Waals surface area contributed by atoms with Crippen LogP contribution in [-0.2, 0) is 9.53 Å². The van der Waals surface area contributed by atoms with Gasteiger partial charge in [-0.05, 0) is 51.4 Å². The highest BCUT2D eigenvalue weighted by molar-refractivity contribution is 5.87. The van der Waals surface area contributed by atoms with Crippen LogP contribution < -0.4 is 0 Å². The van der Waals surface area contributed by atoms with Gasteiger partial charge in [-0.2, -0.15) is 0 Å². The zero-order valence-corrected chi connectivity index (χ0v) is 10.2. The summed E-state index contributed by atoms with van der Waals surface area (Å²) in [5, 5.41) is 0. The van der Waals surface area contributed by atoms with Crippen LogP contribution in [0.1, 0.15) is 58.3 Å². The molecule has 0 aromatic carbocycles. The Morgan fingerprint density at radius 3 is 2.25 bits per heavy atom. The minimum Gasteiger partial charge on any atom is -0.459 e. The first-order chi connectivity index (χ1) is 7.75. The Labute approximate surface area is 98.1 Å². The first-order valence-electron chi connectivity index (χ1n) is 6.65. The molecule has 0 atom stereocenters. The Hall–Kier alpha value is -0.790. The van der Waals surface area contributed by atoms with Crippen LogP contribution in [0.25, 0.3) is 0 Å². The lowest BCUT2D eigenvalue weighted by molar-refractivity contribution is -0.143. The summed E-state index contributed by atoms with van der Waals surface area (Å²) in [7, 11) is 0. The fourth-order valence-electron chi connectivity index (χ4n) is 2.80. The number of allylic oxidation sites excluding steroid dienone is 1. The van der Waals surface area contributed by atoms with E-state index in [4.69, 9.17) is 4.74 Å². The molecule has 0 radical (unpaired) electrons.